The number of anilines is 1. The van der Waals surface area contributed by atoms with E-state index >= 15 is 0 Å². The molecule has 3 aromatic rings. The van der Waals surface area contributed by atoms with Crippen LogP contribution in [0.15, 0.2) is 41.8 Å². The van der Waals surface area contributed by atoms with Gasteiger partial charge in [0.1, 0.15) is 16.5 Å². The van der Waals surface area contributed by atoms with Crippen LogP contribution in [-0.4, -0.2) is 61.3 Å². The zero-order valence-corrected chi connectivity index (χ0v) is 22.3. The summed E-state index contributed by atoms with van der Waals surface area (Å²) in [5.74, 6) is 2.54. The molecule has 10 heteroatoms. The third kappa shape index (κ3) is 7.11. The molecule has 1 fully saturated rings. The van der Waals surface area contributed by atoms with Crippen LogP contribution in [0.3, 0.4) is 0 Å². The third-order valence-electron chi connectivity index (χ3n) is 5.12. The van der Waals surface area contributed by atoms with Crippen molar-refractivity contribution in [3.05, 3.63) is 41.8 Å². The number of nitrogens with zero attached hydrogens (tertiary/aromatic N) is 4. The molecule has 0 N–H and O–H groups in total. The second-order valence-corrected chi connectivity index (χ2v) is 8.09. The van der Waals surface area contributed by atoms with Gasteiger partial charge in [-0.3, -0.25) is 0 Å². The van der Waals surface area contributed by atoms with Gasteiger partial charge < -0.3 is 19.3 Å². The Balaban J connectivity index is 0.00000181. The summed E-state index contributed by atoms with van der Waals surface area (Å²) in [6.07, 6.45) is 0. The first kappa shape index (κ1) is 29.3. The molecule has 1 aliphatic heterocycles. The van der Waals surface area contributed by atoms with E-state index in [9.17, 15) is 0 Å². The van der Waals surface area contributed by atoms with Crippen LogP contribution in [0.2, 0.25) is 0 Å². The van der Waals surface area contributed by atoms with Crippen molar-refractivity contribution in [3.63, 3.8) is 0 Å². The van der Waals surface area contributed by atoms with Gasteiger partial charge in [-0.05, 0) is 51.2 Å². The van der Waals surface area contributed by atoms with Gasteiger partial charge in [-0.1, -0.05) is 6.07 Å². The fourth-order valence-corrected chi connectivity index (χ4v) is 4.30. The largest absolute Gasteiger partial charge is 0.490 e. The lowest BCUT2D eigenvalue weighted by atomic mass is 10.2. The second kappa shape index (κ2) is 13.8. The fraction of sp³-hybridized carbons (Fsp3) is 0.391. The van der Waals surface area contributed by atoms with Gasteiger partial charge in [0.05, 0.1) is 18.9 Å². The Kier molecular flexibility index (Phi) is 12.3. The Bertz CT molecular complexity index is 997. The highest BCUT2D eigenvalue weighted by molar-refractivity contribution is 7.13. The standard InChI is InChI=1S/C23H28N4O2S.3ClH/c1-4-28-20-10-9-17(15-21(20)29-5-2)23-25-19(16-30-23)18-7-6-8-22(24-18)27-13-11-26(3)12-14-27;;;/h6-10,15-16H,4-5,11-14H2,1-3H3;3*1H. The molecule has 0 bridgehead atoms. The van der Waals surface area contributed by atoms with Crippen molar-refractivity contribution in [1.82, 2.24) is 14.9 Å². The molecule has 2 aromatic heterocycles. The molecular formula is C23H31Cl3N4O2S. The number of hydrogen-bond acceptors (Lipinski definition) is 7. The van der Waals surface area contributed by atoms with Crippen molar-refractivity contribution in [2.45, 2.75) is 13.8 Å². The number of thiazole rings is 1. The minimum Gasteiger partial charge on any atom is -0.490 e. The van der Waals surface area contributed by atoms with E-state index in [0.717, 1.165) is 65.5 Å². The summed E-state index contributed by atoms with van der Waals surface area (Å²) in [4.78, 5) is 14.4. The Hall–Kier alpha value is -1.77. The summed E-state index contributed by atoms with van der Waals surface area (Å²) in [5.41, 5.74) is 2.83. The number of piperazine rings is 1. The van der Waals surface area contributed by atoms with Crippen LogP contribution in [0.5, 0.6) is 11.5 Å². The molecule has 1 aliphatic rings. The average molecular weight is 534 g/mol. The first-order valence-corrected chi connectivity index (χ1v) is 11.3. The van der Waals surface area contributed by atoms with Gasteiger partial charge in [-0.25, -0.2) is 9.97 Å². The molecule has 6 nitrogen and oxygen atoms in total. The first-order chi connectivity index (χ1) is 14.7. The third-order valence-corrected chi connectivity index (χ3v) is 6.01. The Labute approximate surface area is 218 Å². The van der Waals surface area contributed by atoms with Gasteiger partial charge in [0, 0.05) is 37.1 Å². The number of pyridine rings is 1. The predicted molar refractivity (Wildman–Crippen MR) is 145 cm³/mol. The Morgan fingerprint density at radius 3 is 2.24 bits per heavy atom. The fourth-order valence-electron chi connectivity index (χ4n) is 3.49. The highest BCUT2D eigenvalue weighted by Crippen LogP contribution is 2.35. The maximum absolute atomic E-state index is 5.76. The lowest BCUT2D eigenvalue weighted by Crippen LogP contribution is -2.44. The molecule has 0 saturated carbocycles. The topological polar surface area (TPSA) is 50.7 Å². The minimum atomic E-state index is 0. The number of aromatic nitrogens is 2. The number of rotatable bonds is 7. The normalized spacial score (nSPS) is 13.4. The number of benzene rings is 1. The molecule has 0 unspecified atom stereocenters. The van der Waals surface area contributed by atoms with Gasteiger partial charge in [0.15, 0.2) is 11.5 Å². The lowest BCUT2D eigenvalue weighted by Gasteiger charge is -2.33. The molecule has 0 atom stereocenters. The molecule has 3 heterocycles. The monoisotopic (exact) mass is 532 g/mol. The summed E-state index contributed by atoms with van der Waals surface area (Å²) < 4.78 is 11.4. The van der Waals surface area contributed by atoms with Crippen LogP contribution in [0.4, 0.5) is 5.82 Å². The Morgan fingerprint density at radius 2 is 1.55 bits per heavy atom. The zero-order chi connectivity index (χ0) is 20.9. The molecule has 4 rings (SSSR count). The Morgan fingerprint density at radius 1 is 0.848 bits per heavy atom. The van der Waals surface area contributed by atoms with Gasteiger partial charge in [-0.15, -0.1) is 48.6 Å². The highest BCUT2D eigenvalue weighted by Gasteiger charge is 2.17. The number of halogens is 3. The summed E-state index contributed by atoms with van der Waals surface area (Å²) >= 11 is 1.62. The van der Waals surface area contributed by atoms with E-state index in [2.05, 4.69) is 34.4 Å². The zero-order valence-electron chi connectivity index (χ0n) is 19.0. The highest BCUT2D eigenvalue weighted by atomic mass is 35.5. The molecule has 1 saturated heterocycles. The quantitative estimate of drug-likeness (QED) is 0.389. The molecule has 1 aromatic carbocycles. The van der Waals surface area contributed by atoms with Crippen molar-refractivity contribution < 1.29 is 9.47 Å². The van der Waals surface area contributed by atoms with Gasteiger partial charge in [0.25, 0.3) is 0 Å². The summed E-state index contributed by atoms with van der Waals surface area (Å²) in [5, 5.41) is 3.02. The summed E-state index contributed by atoms with van der Waals surface area (Å²) in [6.45, 7) is 9.28. The van der Waals surface area contributed by atoms with E-state index in [1.54, 1.807) is 11.3 Å². The van der Waals surface area contributed by atoms with E-state index in [1.165, 1.54) is 0 Å². The average Bonchev–Trinajstić information content (AvgIpc) is 3.26. The predicted octanol–water partition coefficient (Wildman–Crippen LogP) is 5.69. The smallest absolute Gasteiger partial charge is 0.161 e. The maximum Gasteiger partial charge on any atom is 0.161 e. The van der Waals surface area contributed by atoms with Gasteiger partial charge in [-0.2, -0.15) is 0 Å². The van der Waals surface area contributed by atoms with Crippen LogP contribution in [-0.2, 0) is 0 Å². The maximum atomic E-state index is 5.76. The van der Waals surface area contributed by atoms with Crippen LogP contribution in [0.1, 0.15) is 13.8 Å². The van der Waals surface area contributed by atoms with E-state index in [1.807, 2.05) is 38.1 Å². The molecule has 182 valence electrons. The van der Waals surface area contributed by atoms with Crippen LogP contribution < -0.4 is 14.4 Å². The van der Waals surface area contributed by atoms with Crippen molar-refractivity contribution in [3.8, 4) is 33.5 Å². The van der Waals surface area contributed by atoms with E-state index < -0.39 is 0 Å². The van der Waals surface area contributed by atoms with Crippen molar-refractivity contribution >= 4 is 54.4 Å². The van der Waals surface area contributed by atoms with Crippen molar-refractivity contribution in [2.75, 3.05) is 51.3 Å². The van der Waals surface area contributed by atoms with Crippen molar-refractivity contribution in [2.24, 2.45) is 0 Å². The van der Waals surface area contributed by atoms with E-state index in [0.29, 0.717) is 13.2 Å². The molecule has 0 spiro atoms. The van der Waals surface area contributed by atoms with Crippen LogP contribution >= 0.6 is 48.6 Å². The summed E-state index contributed by atoms with van der Waals surface area (Å²) in [6, 6.07) is 12.2. The second-order valence-electron chi connectivity index (χ2n) is 7.24. The SMILES string of the molecule is CCOc1ccc(-c2nc(-c3cccc(N4CCN(C)CC4)n3)cs2)cc1OCC.Cl.Cl.Cl. The lowest BCUT2D eigenvalue weighted by molar-refractivity contribution is 0.288. The summed E-state index contributed by atoms with van der Waals surface area (Å²) in [7, 11) is 2.16. The number of hydrogen-bond donors (Lipinski definition) is 0. The van der Waals surface area contributed by atoms with Gasteiger partial charge in [0.2, 0.25) is 0 Å². The van der Waals surface area contributed by atoms with Crippen LogP contribution in [0.25, 0.3) is 22.0 Å². The molecular weight excluding hydrogens is 503 g/mol. The number of ether oxygens (including phenoxy) is 2. The van der Waals surface area contributed by atoms with E-state index in [4.69, 9.17) is 19.4 Å². The van der Waals surface area contributed by atoms with Crippen LogP contribution in [0, 0.1) is 0 Å². The molecule has 0 amide bonds. The molecule has 0 aliphatic carbocycles. The first-order valence-electron chi connectivity index (χ1n) is 10.4. The van der Waals surface area contributed by atoms with E-state index in [-0.39, 0.29) is 37.2 Å². The molecule has 0 radical (unpaired) electrons. The molecule has 33 heavy (non-hydrogen) atoms. The van der Waals surface area contributed by atoms with Gasteiger partial charge >= 0.3 is 0 Å². The number of likely N-dealkylation sites (N-methyl/N-ethyl adjacent to an activating group) is 1. The minimum absolute atomic E-state index is 0. The van der Waals surface area contributed by atoms with Crippen molar-refractivity contribution in [1.29, 1.82) is 0 Å².